The zero-order chi connectivity index (χ0) is 24.6. The number of hydrogen-bond acceptors (Lipinski definition) is 5. The van der Waals surface area contributed by atoms with Crippen molar-refractivity contribution in [2.24, 2.45) is 0 Å². The van der Waals surface area contributed by atoms with E-state index in [0.717, 1.165) is 16.8 Å². The molecule has 0 saturated heterocycles. The Labute approximate surface area is 207 Å². The third-order valence-electron chi connectivity index (χ3n) is 5.23. The number of nitrogens with one attached hydrogen (secondary N) is 2. The second-order valence-corrected chi connectivity index (χ2v) is 8.91. The topological polar surface area (TPSA) is 74.3 Å². The fourth-order valence-electron chi connectivity index (χ4n) is 3.49. The van der Waals surface area contributed by atoms with Crippen LogP contribution < -0.4 is 10.6 Å². The summed E-state index contributed by atoms with van der Waals surface area (Å²) in [5.74, 6) is -0.887. The molecule has 0 aliphatic heterocycles. The normalized spacial score (nSPS) is 10.6. The molecule has 8 heteroatoms. The number of halogens is 1. The summed E-state index contributed by atoms with van der Waals surface area (Å²) >= 11 is 1.35. The SMILES string of the molecule is Cc1cccc(Nc2nc(C(=O)N(CCC(=O)Nc3ccc(F)cc3)Cc3ccccc3)cs2)c1. The van der Waals surface area contributed by atoms with Gasteiger partial charge in [-0.2, -0.15) is 0 Å². The molecule has 0 saturated carbocycles. The molecule has 0 aliphatic rings. The summed E-state index contributed by atoms with van der Waals surface area (Å²) in [6.45, 7) is 2.57. The highest BCUT2D eigenvalue weighted by atomic mass is 32.1. The molecular weight excluding hydrogens is 463 g/mol. The summed E-state index contributed by atoms with van der Waals surface area (Å²) < 4.78 is 13.1. The maximum Gasteiger partial charge on any atom is 0.273 e. The number of carbonyl (C=O) groups excluding carboxylic acids is 2. The first-order valence-corrected chi connectivity index (χ1v) is 12.0. The average Bonchev–Trinajstić information content (AvgIpc) is 3.32. The number of amides is 2. The quantitative estimate of drug-likeness (QED) is 0.303. The van der Waals surface area contributed by atoms with Gasteiger partial charge in [0.2, 0.25) is 5.91 Å². The highest BCUT2D eigenvalue weighted by Crippen LogP contribution is 2.23. The second-order valence-electron chi connectivity index (χ2n) is 8.05. The molecule has 0 atom stereocenters. The van der Waals surface area contributed by atoms with Gasteiger partial charge in [-0.15, -0.1) is 11.3 Å². The van der Waals surface area contributed by atoms with E-state index in [-0.39, 0.29) is 30.6 Å². The number of rotatable bonds is 9. The predicted octanol–water partition coefficient (Wildman–Crippen LogP) is 6.01. The van der Waals surface area contributed by atoms with Crippen LogP contribution >= 0.6 is 11.3 Å². The molecule has 35 heavy (non-hydrogen) atoms. The van der Waals surface area contributed by atoms with Gasteiger partial charge in [-0.05, 0) is 54.4 Å². The van der Waals surface area contributed by atoms with Gasteiger partial charge in [-0.3, -0.25) is 9.59 Å². The summed E-state index contributed by atoms with van der Waals surface area (Å²) in [4.78, 5) is 31.9. The standard InChI is InChI=1S/C27H25FN4O2S/c1-19-6-5-9-23(16-19)30-27-31-24(18-35-27)26(34)32(17-20-7-3-2-4-8-20)15-14-25(33)29-22-12-10-21(28)11-13-22/h2-13,16,18H,14-15,17H2,1H3,(H,29,33)(H,30,31). The Kier molecular flexibility index (Phi) is 7.84. The van der Waals surface area contributed by atoms with Crippen LogP contribution in [0.3, 0.4) is 0 Å². The Balaban J connectivity index is 1.44. The van der Waals surface area contributed by atoms with Gasteiger partial charge in [0.05, 0.1) is 0 Å². The number of benzene rings is 3. The van der Waals surface area contributed by atoms with Gasteiger partial charge in [0, 0.05) is 36.3 Å². The predicted molar refractivity (Wildman–Crippen MR) is 137 cm³/mol. The van der Waals surface area contributed by atoms with Crippen LogP contribution in [0.25, 0.3) is 0 Å². The molecule has 0 unspecified atom stereocenters. The monoisotopic (exact) mass is 488 g/mol. The van der Waals surface area contributed by atoms with Gasteiger partial charge in [0.15, 0.2) is 5.13 Å². The van der Waals surface area contributed by atoms with Crippen molar-refractivity contribution in [2.75, 3.05) is 17.2 Å². The lowest BCUT2D eigenvalue weighted by Crippen LogP contribution is -2.33. The third-order valence-corrected chi connectivity index (χ3v) is 5.99. The van der Waals surface area contributed by atoms with Gasteiger partial charge in [-0.25, -0.2) is 9.37 Å². The molecule has 2 amide bonds. The molecule has 2 N–H and O–H groups in total. The minimum absolute atomic E-state index is 0.0918. The highest BCUT2D eigenvalue weighted by Gasteiger charge is 2.20. The van der Waals surface area contributed by atoms with E-state index in [1.54, 1.807) is 10.3 Å². The first kappa shape index (κ1) is 24.1. The van der Waals surface area contributed by atoms with Gasteiger partial charge >= 0.3 is 0 Å². The minimum atomic E-state index is -0.373. The lowest BCUT2D eigenvalue weighted by molar-refractivity contribution is -0.116. The van der Waals surface area contributed by atoms with Crippen LogP contribution in [-0.4, -0.2) is 28.2 Å². The molecule has 1 heterocycles. The lowest BCUT2D eigenvalue weighted by Gasteiger charge is -2.22. The largest absolute Gasteiger partial charge is 0.332 e. The Hall–Kier alpha value is -4.04. The molecule has 6 nitrogen and oxygen atoms in total. The molecule has 1 aromatic heterocycles. The molecule has 4 aromatic rings. The maximum atomic E-state index is 13.3. The lowest BCUT2D eigenvalue weighted by atomic mass is 10.2. The second kappa shape index (κ2) is 11.4. The number of anilines is 3. The van der Waals surface area contributed by atoms with Crippen molar-refractivity contribution in [3.8, 4) is 0 Å². The molecule has 0 aliphatic carbocycles. The number of aryl methyl sites for hydroxylation is 1. The van der Waals surface area contributed by atoms with Crippen LogP contribution in [0.2, 0.25) is 0 Å². The summed E-state index contributed by atoms with van der Waals surface area (Å²) in [5, 5.41) is 8.31. The molecule has 0 fully saturated rings. The zero-order valence-electron chi connectivity index (χ0n) is 19.2. The Morgan fingerprint density at radius 2 is 1.74 bits per heavy atom. The van der Waals surface area contributed by atoms with Crippen LogP contribution in [0, 0.1) is 12.7 Å². The van der Waals surface area contributed by atoms with Crippen molar-refractivity contribution in [3.05, 3.63) is 107 Å². The summed E-state index contributed by atoms with van der Waals surface area (Å²) in [5.41, 5.74) is 3.80. The van der Waals surface area contributed by atoms with Crippen molar-refractivity contribution < 1.29 is 14.0 Å². The maximum absolute atomic E-state index is 13.3. The number of hydrogen-bond donors (Lipinski definition) is 2. The van der Waals surface area contributed by atoms with E-state index in [1.165, 1.54) is 35.6 Å². The molecule has 0 radical (unpaired) electrons. The Bertz CT molecular complexity index is 1290. The van der Waals surface area contributed by atoms with Crippen LogP contribution in [0.1, 0.15) is 28.0 Å². The highest BCUT2D eigenvalue weighted by molar-refractivity contribution is 7.14. The van der Waals surface area contributed by atoms with Gasteiger partial charge in [-0.1, -0.05) is 42.5 Å². The number of thiazole rings is 1. The smallest absolute Gasteiger partial charge is 0.273 e. The van der Waals surface area contributed by atoms with Crippen molar-refractivity contribution in [1.82, 2.24) is 9.88 Å². The summed E-state index contributed by atoms with van der Waals surface area (Å²) in [6, 6.07) is 23.1. The molecular formula is C27H25FN4O2S. The van der Waals surface area contributed by atoms with E-state index in [9.17, 15) is 14.0 Å². The summed E-state index contributed by atoms with van der Waals surface area (Å²) in [7, 11) is 0. The number of nitrogens with zero attached hydrogens (tertiary/aromatic N) is 2. The van der Waals surface area contributed by atoms with Crippen molar-refractivity contribution in [3.63, 3.8) is 0 Å². The van der Waals surface area contributed by atoms with E-state index in [0.29, 0.717) is 23.1 Å². The van der Waals surface area contributed by atoms with Crippen LogP contribution in [-0.2, 0) is 11.3 Å². The minimum Gasteiger partial charge on any atom is -0.332 e. The van der Waals surface area contributed by atoms with Crippen molar-refractivity contribution in [1.29, 1.82) is 0 Å². The van der Waals surface area contributed by atoms with E-state index in [1.807, 2.05) is 61.5 Å². The van der Waals surface area contributed by atoms with E-state index in [2.05, 4.69) is 15.6 Å². The first-order chi connectivity index (χ1) is 17.0. The number of aromatic nitrogens is 1. The van der Waals surface area contributed by atoms with Crippen LogP contribution in [0.5, 0.6) is 0 Å². The van der Waals surface area contributed by atoms with E-state index in [4.69, 9.17) is 0 Å². The molecule has 0 bridgehead atoms. The van der Waals surface area contributed by atoms with Crippen molar-refractivity contribution in [2.45, 2.75) is 19.9 Å². The molecule has 4 rings (SSSR count). The zero-order valence-corrected chi connectivity index (χ0v) is 20.0. The average molecular weight is 489 g/mol. The van der Waals surface area contributed by atoms with Crippen LogP contribution in [0.4, 0.5) is 20.9 Å². The Morgan fingerprint density at radius 1 is 0.971 bits per heavy atom. The van der Waals surface area contributed by atoms with Gasteiger partial charge in [0.25, 0.3) is 5.91 Å². The van der Waals surface area contributed by atoms with Crippen molar-refractivity contribution >= 4 is 39.7 Å². The molecule has 3 aromatic carbocycles. The third kappa shape index (κ3) is 6.97. The Morgan fingerprint density at radius 3 is 2.49 bits per heavy atom. The first-order valence-electron chi connectivity index (χ1n) is 11.1. The van der Waals surface area contributed by atoms with E-state index < -0.39 is 0 Å². The number of carbonyl (C=O) groups is 2. The fourth-order valence-corrected chi connectivity index (χ4v) is 4.19. The van der Waals surface area contributed by atoms with Crippen LogP contribution in [0.15, 0.2) is 84.2 Å². The fraction of sp³-hybridized carbons (Fsp3) is 0.148. The summed E-state index contributed by atoms with van der Waals surface area (Å²) in [6.07, 6.45) is 0.0918. The van der Waals surface area contributed by atoms with Gasteiger partial charge < -0.3 is 15.5 Å². The van der Waals surface area contributed by atoms with Gasteiger partial charge in [0.1, 0.15) is 11.5 Å². The van der Waals surface area contributed by atoms with E-state index >= 15 is 0 Å². The molecule has 0 spiro atoms. The molecule has 178 valence electrons.